The van der Waals surface area contributed by atoms with Crippen LogP contribution in [0.5, 0.6) is 5.75 Å². The number of hydrazine groups is 1. The number of aryl methyl sites for hydroxylation is 2. The van der Waals surface area contributed by atoms with Crippen molar-refractivity contribution >= 4 is 15.9 Å². The second-order valence-electron chi connectivity index (χ2n) is 5.25. The Bertz CT molecular complexity index is 611. The normalized spacial score (nSPS) is 12.2. The highest BCUT2D eigenvalue weighted by molar-refractivity contribution is 9.10. The predicted molar refractivity (Wildman–Crippen MR) is 90.4 cm³/mol. The van der Waals surface area contributed by atoms with Gasteiger partial charge in [0.15, 0.2) is 0 Å². The number of nitrogens with one attached hydrogen (secondary N) is 1. The highest BCUT2D eigenvalue weighted by atomic mass is 79.9. The van der Waals surface area contributed by atoms with E-state index >= 15 is 0 Å². The lowest BCUT2D eigenvalue weighted by atomic mass is 9.93. The molecule has 2 aromatic rings. The summed E-state index contributed by atoms with van der Waals surface area (Å²) in [5, 5.41) is 0. The van der Waals surface area contributed by atoms with Gasteiger partial charge in [-0.1, -0.05) is 34.1 Å². The minimum atomic E-state index is 0.0155. The number of nitrogens with two attached hydrogens (primary N) is 1. The molecule has 3 nitrogen and oxygen atoms in total. The van der Waals surface area contributed by atoms with Crippen LogP contribution >= 0.6 is 15.9 Å². The van der Waals surface area contributed by atoms with Gasteiger partial charge in [0.2, 0.25) is 0 Å². The smallest absolute Gasteiger partial charge is 0.124 e. The van der Waals surface area contributed by atoms with Gasteiger partial charge in [-0.05, 0) is 55.2 Å². The van der Waals surface area contributed by atoms with Crippen LogP contribution in [0.1, 0.15) is 28.3 Å². The number of rotatable bonds is 5. The van der Waals surface area contributed by atoms with Gasteiger partial charge in [-0.15, -0.1) is 0 Å². The molecule has 0 spiro atoms. The summed E-state index contributed by atoms with van der Waals surface area (Å²) in [4.78, 5) is 0. The third kappa shape index (κ3) is 3.84. The molecule has 0 bridgehead atoms. The number of hydrogen-bond donors (Lipinski definition) is 2. The first kappa shape index (κ1) is 16.0. The molecule has 0 aromatic heterocycles. The van der Waals surface area contributed by atoms with Gasteiger partial charge < -0.3 is 4.74 Å². The Morgan fingerprint density at radius 3 is 2.43 bits per heavy atom. The topological polar surface area (TPSA) is 47.3 Å². The van der Waals surface area contributed by atoms with E-state index < -0.39 is 0 Å². The maximum Gasteiger partial charge on any atom is 0.124 e. The first-order valence-corrected chi connectivity index (χ1v) is 7.70. The van der Waals surface area contributed by atoms with Crippen molar-refractivity contribution < 1.29 is 4.74 Å². The summed E-state index contributed by atoms with van der Waals surface area (Å²) in [6, 6.07) is 12.5. The van der Waals surface area contributed by atoms with Gasteiger partial charge >= 0.3 is 0 Å². The van der Waals surface area contributed by atoms with Crippen molar-refractivity contribution in [3.8, 4) is 5.75 Å². The number of hydrogen-bond acceptors (Lipinski definition) is 3. The first-order chi connectivity index (χ1) is 10.0. The summed E-state index contributed by atoms with van der Waals surface area (Å²) < 4.78 is 6.62. The van der Waals surface area contributed by atoms with E-state index in [1.54, 1.807) is 7.11 Å². The second kappa shape index (κ2) is 7.07. The van der Waals surface area contributed by atoms with Gasteiger partial charge in [0, 0.05) is 10.0 Å². The van der Waals surface area contributed by atoms with Crippen LogP contribution in [0.3, 0.4) is 0 Å². The molecule has 0 heterocycles. The minimum absolute atomic E-state index is 0.0155. The fourth-order valence-electron chi connectivity index (χ4n) is 2.66. The molecular weight excluding hydrogens is 328 g/mol. The molecule has 0 radical (unpaired) electrons. The van der Waals surface area contributed by atoms with Crippen LogP contribution in [0.25, 0.3) is 0 Å². The van der Waals surface area contributed by atoms with Gasteiger partial charge in [-0.2, -0.15) is 0 Å². The molecule has 3 N–H and O–H groups in total. The van der Waals surface area contributed by atoms with Gasteiger partial charge in [-0.3, -0.25) is 11.3 Å². The van der Waals surface area contributed by atoms with E-state index in [0.717, 1.165) is 22.2 Å². The van der Waals surface area contributed by atoms with Crippen LogP contribution < -0.4 is 16.0 Å². The zero-order valence-electron chi connectivity index (χ0n) is 12.6. The molecule has 0 fully saturated rings. The van der Waals surface area contributed by atoms with Gasteiger partial charge in [-0.25, -0.2) is 0 Å². The molecule has 21 heavy (non-hydrogen) atoms. The lowest BCUT2D eigenvalue weighted by Crippen LogP contribution is -2.30. The average molecular weight is 349 g/mol. The van der Waals surface area contributed by atoms with Crippen molar-refractivity contribution in [1.29, 1.82) is 0 Å². The largest absolute Gasteiger partial charge is 0.496 e. The summed E-state index contributed by atoms with van der Waals surface area (Å²) in [6.45, 7) is 4.16. The van der Waals surface area contributed by atoms with Crippen LogP contribution in [-0.2, 0) is 6.42 Å². The third-order valence-electron chi connectivity index (χ3n) is 3.62. The maximum atomic E-state index is 5.80. The third-order valence-corrected chi connectivity index (χ3v) is 4.14. The summed E-state index contributed by atoms with van der Waals surface area (Å²) in [7, 11) is 1.70. The van der Waals surface area contributed by atoms with Crippen molar-refractivity contribution in [1.82, 2.24) is 5.43 Å². The second-order valence-corrected chi connectivity index (χ2v) is 6.16. The summed E-state index contributed by atoms with van der Waals surface area (Å²) in [5.74, 6) is 6.68. The number of ether oxygens (including phenoxy) is 1. The number of benzene rings is 2. The standard InChI is InChI=1S/C17H21BrN2O/c1-11-8-12(2)17(16(9-11)21-3)15(20-19)10-13-4-6-14(18)7-5-13/h4-9,15,20H,10,19H2,1-3H3. The Morgan fingerprint density at radius 2 is 1.86 bits per heavy atom. The van der Waals surface area contributed by atoms with E-state index in [4.69, 9.17) is 10.6 Å². The molecule has 4 heteroatoms. The van der Waals surface area contributed by atoms with E-state index in [1.165, 1.54) is 16.7 Å². The maximum absolute atomic E-state index is 5.80. The van der Waals surface area contributed by atoms with E-state index in [1.807, 2.05) is 18.2 Å². The Hall–Kier alpha value is -1.36. The Labute approximate surface area is 134 Å². The molecule has 2 aromatic carbocycles. The van der Waals surface area contributed by atoms with Crippen molar-refractivity contribution in [3.63, 3.8) is 0 Å². The number of methoxy groups -OCH3 is 1. The molecule has 0 amide bonds. The fourth-order valence-corrected chi connectivity index (χ4v) is 2.92. The highest BCUT2D eigenvalue weighted by Crippen LogP contribution is 2.31. The van der Waals surface area contributed by atoms with Crippen LogP contribution in [0, 0.1) is 13.8 Å². The molecular formula is C17H21BrN2O. The molecule has 0 aliphatic rings. The van der Waals surface area contributed by atoms with E-state index in [0.29, 0.717) is 0 Å². The molecule has 0 saturated heterocycles. The average Bonchev–Trinajstić information content (AvgIpc) is 2.46. The van der Waals surface area contributed by atoms with Crippen LogP contribution in [0.2, 0.25) is 0 Å². The quantitative estimate of drug-likeness (QED) is 0.637. The summed E-state index contributed by atoms with van der Waals surface area (Å²) in [6.07, 6.45) is 0.810. The van der Waals surface area contributed by atoms with Gasteiger partial charge in [0.1, 0.15) is 5.75 Å². The van der Waals surface area contributed by atoms with Gasteiger partial charge in [0.05, 0.1) is 13.2 Å². The van der Waals surface area contributed by atoms with Crippen LogP contribution in [0.15, 0.2) is 40.9 Å². The Kier molecular flexibility index (Phi) is 5.39. The van der Waals surface area contributed by atoms with E-state index in [-0.39, 0.29) is 6.04 Å². The predicted octanol–water partition coefficient (Wildman–Crippen LogP) is 3.82. The lowest BCUT2D eigenvalue weighted by Gasteiger charge is -2.22. The molecule has 0 saturated carbocycles. The molecule has 0 aliphatic carbocycles. The molecule has 1 unspecified atom stereocenters. The van der Waals surface area contributed by atoms with Crippen LogP contribution in [0.4, 0.5) is 0 Å². The monoisotopic (exact) mass is 348 g/mol. The minimum Gasteiger partial charge on any atom is -0.496 e. The van der Waals surface area contributed by atoms with Crippen molar-refractivity contribution in [3.05, 3.63) is 63.1 Å². The fraction of sp³-hybridized carbons (Fsp3) is 0.294. The van der Waals surface area contributed by atoms with Crippen molar-refractivity contribution in [2.75, 3.05) is 7.11 Å². The SMILES string of the molecule is COc1cc(C)cc(C)c1C(Cc1ccc(Br)cc1)NN. The highest BCUT2D eigenvalue weighted by Gasteiger charge is 2.18. The lowest BCUT2D eigenvalue weighted by molar-refractivity contribution is 0.398. The first-order valence-electron chi connectivity index (χ1n) is 6.91. The zero-order chi connectivity index (χ0) is 15.4. The van der Waals surface area contributed by atoms with Crippen molar-refractivity contribution in [2.45, 2.75) is 26.3 Å². The zero-order valence-corrected chi connectivity index (χ0v) is 14.2. The van der Waals surface area contributed by atoms with Crippen LogP contribution in [-0.4, -0.2) is 7.11 Å². The van der Waals surface area contributed by atoms with Crippen molar-refractivity contribution in [2.24, 2.45) is 5.84 Å². The molecule has 112 valence electrons. The van der Waals surface area contributed by atoms with E-state index in [9.17, 15) is 0 Å². The van der Waals surface area contributed by atoms with Gasteiger partial charge in [0.25, 0.3) is 0 Å². The molecule has 0 aliphatic heterocycles. The number of halogens is 1. The Morgan fingerprint density at radius 1 is 1.19 bits per heavy atom. The molecule has 2 rings (SSSR count). The Balaban J connectivity index is 2.35. The summed E-state index contributed by atoms with van der Waals surface area (Å²) >= 11 is 3.46. The van der Waals surface area contributed by atoms with E-state index in [2.05, 4.69) is 53.4 Å². The molecule has 1 atom stereocenters. The summed E-state index contributed by atoms with van der Waals surface area (Å²) in [5.41, 5.74) is 7.64.